The molecule has 1 saturated carbocycles. The predicted octanol–water partition coefficient (Wildman–Crippen LogP) is 5.79. The van der Waals surface area contributed by atoms with Crippen molar-refractivity contribution in [1.82, 2.24) is 5.32 Å². The first-order chi connectivity index (χ1) is 16.0. The van der Waals surface area contributed by atoms with Gasteiger partial charge >= 0.3 is 12.1 Å². The van der Waals surface area contributed by atoms with E-state index in [0.29, 0.717) is 17.7 Å². The molecule has 1 amide bonds. The van der Waals surface area contributed by atoms with Crippen LogP contribution in [0.3, 0.4) is 0 Å². The summed E-state index contributed by atoms with van der Waals surface area (Å²) in [6.07, 6.45) is -8.17. The molecule has 15 heteroatoms. The van der Waals surface area contributed by atoms with Crippen LogP contribution in [0.25, 0.3) is 0 Å². The van der Waals surface area contributed by atoms with Gasteiger partial charge < -0.3 is 10.4 Å². The van der Waals surface area contributed by atoms with E-state index in [2.05, 4.69) is 5.32 Å². The Hall–Kier alpha value is -1.86. The third-order valence-electron chi connectivity index (χ3n) is 5.22. The number of hydrogen-bond acceptors (Lipinski definition) is 2. The van der Waals surface area contributed by atoms with Gasteiger partial charge in [0.2, 0.25) is 12.1 Å². The summed E-state index contributed by atoms with van der Waals surface area (Å²) in [4.78, 5) is 12.7. The highest BCUT2D eigenvalue weighted by atomic mass is 35.5. The summed E-state index contributed by atoms with van der Waals surface area (Å²) in [7, 11) is 0. The monoisotopic (exact) mass is 571 g/mol. The average molecular weight is 573 g/mol. The number of alkyl halides is 7. The molecule has 0 heterocycles. The maximum Gasteiger partial charge on any atom is 0.454 e. The lowest BCUT2D eigenvalue weighted by Crippen LogP contribution is -2.46. The van der Waals surface area contributed by atoms with Crippen LogP contribution in [0.5, 0.6) is 0 Å². The minimum absolute atomic E-state index is 0.256. The first-order valence-corrected chi connectivity index (χ1v) is 10.6. The summed E-state index contributed by atoms with van der Waals surface area (Å²) < 4.78 is 103. The van der Waals surface area contributed by atoms with Gasteiger partial charge in [0.15, 0.2) is 11.6 Å². The summed E-state index contributed by atoms with van der Waals surface area (Å²) in [5.74, 6) is -12.2. The number of rotatable bonds is 7. The van der Waals surface area contributed by atoms with Crippen LogP contribution in [-0.2, 0) is 4.79 Å². The van der Waals surface area contributed by atoms with Gasteiger partial charge in [0, 0.05) is 17.7 Å². The quantitative estimate of drug-likeness (QED) is 0.191. The van der Waals surface area contributed by atoms with E-state index in [9.17, 15) is 39.9 Å². The molecule has 1 fully saturated rings. The van der Waals surface area contributed by atoms with E-state index in [0.717, 1.165) is 6.07 Å². The molecular weight excluding hydrogens is 559 g/mol. The van der Waals surface area contributed by atoms with Crippen molar-refractivity contribution in [3.63, 3.8) is 0 Å². The molecule has 4 N–H and O–H groups in total. The fraction of sp³-hybridized carbons (Fsp3) is 0.350. The molecule has 0 radical (unpaired) electrons. The lowest BCUT2D eigenvalue weighted by molar-refractivity contribution is -0.280. The second kappa shape index (κ2) is 9.55. The minimum Gasteiger partial charge on any atom is -0.428 e. The number of anilines is 1. The number of nitrogens with one attached hydrogen (secondary N) is 2. The maximum absolute atomic E-state index is 14.1. The van der Waals surface area contributed by atoms with Crippen molar-refractivity contribution in [1.29, 1.82) is 0 Å². The number of carbonyl (C=O) groups is 1. The summed E-state index contributed by atoms with van der Waals surface area (Å²) >= 11 is 18.0. The minimum atomic E-state index is -5.93. The molecule has 2 aromatic rings. The van der Waals surface area contributed by atoms with E-state index >= 15 is 0 Å². The molecule has 0 bridgehead atoms. The number of halogens is 11. The maximum atomic E-state index is 14.1. The number of benzene rings is 2. The SMILES string of the molecule is O=C(Nc1cc(F)c(F)c(C([OH2+])NCC(F)(F)C(F)(F)F)c1)C1C(c2ccc(F)c(Cl)c2)C1(Cl)Cl. The molecular formula is C20H14Cl3F8N2O2+. The molecule has 3 unspecified atom stereocenters. The van der Waals surface area contributed by atoms with Gasteiger partial charge in [-0.1, -0.05) is 17.7 Å². The Bertz CT molecular complexity index is 1150. The van der Waals surface area contributed by atoms with Crippen molar-refractivity contribution < 1.29 is 45.0 Å². The molecule has 0 saturated heterocycles. The van der Waals surface area contributed by atoms with E-state index in [1.165, 1.54) is 17.4 Å². The molecule has 1 aliphatic rings. The number of hydrogen-bond donors (Lipinski definition) is 2. The zero-order valence-electron chi connectivity index (χ0n) is 16.9. The van der Waals surface area contributed by atoms with E-state index in [-0.39, 0.29) is 5.02 Å². The fourth-order valence-electron chi connectivity index (χ4n) is 3.33. The molecule has 3 atom stereocenters. The van der Waals surface area contributed by atoms with Crippen LogP contribution in [0.4, 0.5) is 40.8 Å². The molecule has 4 nitrogen and oxygen atoms in total. The summed E-state index contributed by atoms with van der Waals surface area (Å²) in [5, 5.41) is 11.0. The van der Waals surface area contributed by atoms with Gasteiger partial charge in [-0.25, -0.2) is 18.5 Å². The van der Waals surface area contributed by atoms with Crippen LogP contribution in [-0.4, -0.2) is 34.0 Å². The third-order valence-corrected chi connectivity index (χ3v) is 6.45. The lowest BCUT2D eigenvalue weighted by Gasteiger charge is -2.21. The van der Waals surface area contributed by atoms with Gasteiger partial charge in [-0.15, -0.1) is 23.2 Å². The highest BCUT2D eigenvalue weighted by molar-refractivity contribution is 6.53. The van der Waals surface area contributed by atoms with Gasteiger partial charge in [-0.3, -0.25) is 4.79 Å². The molecule has 1 aliphatic carbocycles. The van der Waals surface area contributed by atoms with E-state index in [1.54, 1.807) is 0 Å². The normalized spacial score (nSPS) is 20.5. The average Bonchev–Trinajstić information content (AvgIpc) is 3.32. The van der Waals surface area contributed by atoms with Gasteiger partial charge in [-0.05, 0) is 23.8 Å². The van der Waals surface area contributed by atoms with E-state index in [1.807, 2.05) is 0 Å². The lowest BCUT2D eigenvalue weighted by atomic mass is 10.1. The van der Waals surface area contributed by atoms with Crippen LogP contribution in [0.2, 0.25) is 5.02 Å². The standard InChI is InChI=1S/C20H13Cl3F8N2O2/c21-10-3-7(1-2-11(10)24)13-14(19(13,22)23)17(35)33-8-4-9(15(26)12(25)5-8)16(34)32-6-18(27,28)20(29,30)31/h1-5,13-14,16,32,34H,6H2,(H,33,35)/p+1. The van der Waals surface area contributed by atoms with Crippen molar-refractivity contribution in [2.75, 3.05) is 11.9 Å². The van der Waals surface area contributed by atoms with E-state index in [4.69, 9.17) is 39.9 Å². The summed E-state index contributed by atoms with van der Waals surface area (Å²) in [5.41, 5.74) is -1.08. The zero-order valence-corrected chi connectivity index (χ0v) is 19.2. The van der Waals surface area contributed by atoms with Crippen LogP contribution in [0, 0.1) is 23.4 Å². The number of amides is 1. The largest absolute Gasteiger partial charge is 0.454 e. The summed E-state index contributed by atoms with van der Waals surface area (Å²) in [6.45, 7) is -2.08. The first-order valence-electron chi connectivity index (χ1n) is 9.49. The van der Waals surface area contributed by atoms with Gasteiger partial charge in [0.1, 0.15) is 10.2 Å². The van der Waals surface area contributed by atoms with Crippen molar-refractivity contribution in [2.45, 2.75) is 28.6 Å². The van der Waals surface area contributed by atoms with Crippen molar-refractivity contribution in [3.05, 3.63) is 63.9 Å². The Morgan fingerprint density at radius 2 is 1.69 bits per heavy atom. The summed E-state index contributed by atoms with van der Waals surface area (Å²) in [6, 6.07) is 4.71. The second-order valence-corrected chi connectivity index (χ2v) is 9.52. The van der Waals surface area contributed by atoms with Crippen LogP contribution >= 0.6 is 34.8 Å². The molecule has 192 valence electrons. The van der Waals surface area contributed by atoms with Gasteiger partial charge in [-0.2, -0.15) is 22.0 Å². The van der Waals surface area contributed by atoms with Crippen LogP contribution in [0.15, 0.2) is 30.3 Å². The molecule has 3 rings (SSSR count). The van der Waals surface area contributed by atoms with Gasteiger partial charge in [0.25, 0.3) is 0 Å². The highest BCUT2D eigenvalue weighted by Crippen LogP contribution is 2.65. The Morgan fingerprint density at radius 1 is 1.06 bits per heavy atom. The predicted molar refractivity (Wildman–Crippen MR) is 112 cm³/mol. The molecule has 2 aromatic carbocycles. The molecule has 0 aromatic heterocycles. The Morgan fingerprint density at radius 3 is 2.26 bits per heavy atom. The Labute approximate surface area is 207 Å². The van der Waals surface area contributed by atoms with Crippen molar-refractivity contribution in [3.8, 4) is 0 Å². The zero-order chi connectivity index (χ0) is 26.5. The first kappa shape index (κ1) is 27.7. The highest BCUT2D eigenvalue weighted by Gasteiger charge is 2.67. The van der Waals surface area contributed by atoms with Crippen LogP contribution in [0.1, 0.15) is 23.3 Å². The Balaban J connectivity index is 1.77. The Kier molecular flexibility index (Phi) is 7.56. The van der Waals surface area contributed by atoms with E-state index < -0.39 is 75.7 Å². The molecule has 35 heavy (non-hydrogen) atoms. The molecule has 0 aliphatic heterocycles. The smallest absolute Gasteiger partial charge is 0.428 e. The number of carbonyl (C=O) groups excluding carboxylic acids is 1. The van der Waals surface area contributed by atoms with Gasteiger partial charge in [0.05, 0.1) is 23.0 Å². The van der Waals surface area contributed by atoms with Crippen molar-refractivity contribution in [2.24, 2.45) is 5.92 Å². The fourth-order valence-corrected chi connectivity index (χ4v) is 4.34. The topological polar surface area (TPSA) is 64.0 Å². The second-order valence-electron chi connectivity index (χ2n) is 7.67. The van der Waals surface area contributed by atoms with Crippen LogP contribution < -0.4 is 10.6 Å². The van der Waals surface area contributed by atoms with Crippen molar-refractivity contribution >= 4 is 46.4 Å². The molecule has 0 spiro atoms. The third kappa shape index (κ3) is 5.61.